The van der Waals surface area contributed by atoms with E-state index in [1.165, 1.54) is 0 Å². The molecular formula is C11H17BrN2O. The molecule has 2 N–H and O–H groups in total. The summed E-state index contributed by atoms with van der Waals surface area (Å²) >= 11 is 3.36. The molecule has 0 bridgehead atoms. The minimum Gasteiger partial charge on any atom is -0.388 e. The molecule has 1 unspecified atom stereocenters. The van der Waals surface area contributed by atoms with Gasteiger partial charge in [-0.3, -0.25) is 0 Å². The van der Waals surface area contributed by atoms with Crippen molar-refractivity contribution in [3.63, 3.8) is 0 Å². The summed E-state index contributed by atoms with van der Waals surface area (Å²) in [5, 5.41) is 13.0. The number of hydrogen-bond acceptors (Lipinski definition) is 3. The fraction of sp³-hybridized carbons (Fsp3) is 0.545. The minimum atomic E-state index is -0.679. The lowest BCUT2D eigenvalue weighted by molar-refractivity contribution is 0.0696. The summed E-state index contributed by atoms with van der Waals surface area (Å²) in [4.78, 5) is 4.25. The topological polar surface area (TPSA) is 45.1 Å². The van der Waals surface area contributed by atoms with Crippen LogP contribution in [-0.2, 0) is 0 Å². The third-order valence-electron chi connectivity index (χ3n) is 2.44. The molecule has 1 heterocycles. The average molecular weight is 273 g/mol. The third-order valence-corrected chi connectivity index (χ3v) is 2.88. The first kappa shape index (κ1) is 12.5. The molecule has 1 aromatic heterocycles. The molecule has 84 valence electrons. The number of anilines is 1. The maximum absolute atomic E-state index is 9.83. The third kappa shape index (κ3) is 3.80. The molecule has 0 saturated carbocycles. The number of rotatable bonds is 4. The molecule has 1 aromatic rings. The van der Waals surface area contributed by atoms with Gasteiger partial charge in [0, 0.05) is 17.2 Å². The SMILES string of the molecule is CCC(C)(O)CNc1ncc(Br)cc1C. The van der Waals surface area contributed by atoms with Gasteiger partial charge in [-0.15, -0.1) is 0 Å². The van der Waals surface area contributed by atoms with E-state index in [0.717, 1.165) is 22.3 Å². The Morgan fingerprint density at radius 3 is 2.80 bits per heavy atom. The summed E-state index contributed by atoms with van der Waals surface area (Å²) < 4.78 is 0.966. The van der Waals surface area contributed by atoms with E-state index < -0.39 is 5.60 Å². The normalized spacial score (nSPS) is 14.7. The van der Waals surface area contributed by atoms with Crippen LogP contribution < -0.4 is 5.32 Å². The molecule has 0 aliphatic rings. The van der Waals surface area contributed by atoms with E-state index in [-0.39, 0.29) is 0 Å². The number of hydrogen-bond donors (Lipinski definition) is 2. The summed E-state index contributed by atoms with van der Waals surface area (Å²) in [5.41, 5.74) is 0.387. The Balaban J connectivity index is 2.66. The fourth-order valence-electron chi connectivity index (χ4n) is 1.12. The van der Waals surface area contributed by atoms with Crippen LogP contribution in [0.1, 0.15) is 25.8 Å². The lowest BCUT2D eigenvalue weighted by Gasteiger charge is -2.22. The highest BCUT2D eigenvalue weighted by Gasteiger charge is 2.17. The summed E-state index contributed by atoms with van der Waals surface area (Å²) in [7, 11) is 0. The second kappa shape index (κ2) is 4.94. The Morgan fingerprint density at radius 1 is 1.60 bits per heavy atom. The Hall–Kier alpha value is -0.610. The van der Waals surface area contributed by atoms with Gasteiger partial charge in [0.15, 0.2) is 0 Å². The van der Waals surface area contributed by atoms with Crippen LogP contribution in [0.5, 0.6) is 0 Å². The van der Waals surface area contributed by atoms with Gasteiger partial charge in [-0.25, -0.2) is 4.98 Å². The van der Waals surface area contributed by atoms with Crippen LogP contribution in [-0.4, -0.2) is 22.2 Å². The first-order chi connectivity index (χ1) is 6.94. The van der Waals surface area contributed by atoms with Crippen LogP contribution in [0.4, 0.5) is 5.82 Å². The van der Waals surface area contributed by atoms with E-state index in [0.29, 0.717) is 6.54 Å². The second-order valence-corrected chi connectivity index (χ2v) is 4.94. The van der Waals surface area contributed by atoms with Crippen molar-refractivity contribution in [2.75, 3.05) is 11.9 Å². The summed E-state index contributed by atoms with van der Waals surface area (Å²) in [6.45, 7) is 6.28. The van der Waals surface area contributed by atoms with E-state index in [4.69, 9.17) is 0 Å². The molecule has 15 heavy (non-hydrogen) atoms. The molecule has 3 nitrogen and oxygen atoms in total. The number of nitrogens with zero attached hydrogens (tertiary/aromatic N) is 1. The Labute approximate surface area is 99.1 Å². The zero-order valence-electron chi connectivity index (χ0n) is 9.34. The zero-order valence-corrected chi connectivity index (χ0v) is 10.9. The van der Waals surface area contributed by atoms with Crippen molar-refractivity contribution in [3.8, 4) is 0 Å². The summed E-state index contributed by atoms with van der Waals surface area (Å²) in [6.07, 6.45) is 2.46. The second-order valence-electron chi connectivity index (χ2n) is 4.02. The van der Waals surface area contributed by atoms with Gasteiger partial charge in [-0.2, -0.15) is 0 Å². The van der Waals surface area contributed by atoms with Crippen molar-refractivity contribution < 1.29 is 5.11 Å². The molecule has 1 atom stereocenters. The first-order valence-electron chi connectivity index (χ1n) is 5.03. The molecule has 0 saturated heterocycles. The van der Waals surface area contributed by atoms with Crippen LogP contribution in [0.2, 0.25) is 0 Å². The quantitative estimate of drug-likeness (QED) is 0.886. The number of halogens is 1. The number of aryl methyl sites for hydroxylation is 1. The van der Waals surface area contributed by atoms with Gasteiger partial charge in [0.2, 0.25) is 0 Å². The van der Waals surface area contributed by atoms with E-state index >= 15 is 0 Å². The number of aromatic nitrogens is 1. The highest BCUT2D eigenvalue weighted by molar-refractivity contribution is 9.10. The smallest absolute Gasteiger partial charge is 0.129 e. The van der Waals surface area contributed by atoms with Gasteiger partial charge < -0.3 is 10.4 Å². The monoisotopic (exact) mass is 272 g/mol. The van der Waals surface area contributed by atoms with E-state index in [1.54, 1.807) is 6.20 Å². The Kier molecular flexibility index (Phi) is 4.11. The van der Waals surface area contributed by atoms with E-state index in [2.05, 4.69) is 26.2 Å². The molecule has 1 rings (SSSR count). The van der Waals surface area contributed by atoms with Crippen LogP contribution in [0.15, 0.2) is 16.7 Å². The van der Waals surface area contributed by atoms with Gasteiger partial charge in [-0.1, -0.05) is 6.92 Å². The molecule has 0 aliphatic heterocycles. The molecule has 0 radical (unpaired) electrons. The van der Waals surface area contributed by atoms with Crippen molar-refractivity contribution in [2.24, 2.45) is 0 Å². The van der Waals surface area contributed by atoms with Crippen molar-refractivity contribution >= 4 is 21.7 Å². The van der Waals surface area contributed by atoms with Crippen molar-refractivity contribution in [1.29, 1.82) is 0 Å². The number of nitrogens with one attached hydrogen (secondary N) is 1. The minimum absolute atomic E-state index is 0.513. The van der Waals surface area contributed by atoms with Crippen molar-refractivity contribution in [3.05, 3.63) is 22.3 Å². The molecule has 4 heteroatoms. The summed E-state index contributed by atoms with van der Waals surface area (Å²) in [6, 6.07) is 2.00. The van der Waals surface area contributed by atoms with Gasteiger partial charge in [-0.05, 0) is 47.8 Å². The van der Waals surface area contributed by atoms with Crippen LogP contribution >= 0.6 is 15.9 Å². The maximum atomic E-state index is 9.83. The van der Waals surface area contributed by atoms with E-state index in [9.17, 15) is 5.11 Å². The van der Waals surface area contributed by atoms with Crippen molar-refractivity contribution in [2.45, 2.75) is 32.8 Å². The first-order valence-corrected chi connectivity index (χ1v) is 5.82. The fourth-order valence-corrected chi connectivity index (χ4v) is 1.57. The van der Waals surface area contributed by atoms with Crippen molar-refractivity contribution in [1.82, 2.24) is 4.98 Å². The van der Waals surface area contributed by atoms with Gasteiger partial charge in [0.25, 0.3) is 0 Å². The molecule has 0 aromatic carbocycles. The molecule has 0 amide bonds. The average Bonchev–Trinajstić information content (AvgIpc) is 2.16. The lowest BCUT2D eigenvalue weighted by atomic mass is 10.0. The predicted molar refractivity (Wildman–Crippen MR) is 66.1 cm³/mol. The largest absolute Gasteiger partial charge is 0.388 e. The summed E-state index contributed by atoms with van der Waals surface area (Å²) in [5.74, 6) is 0.826. The molecular weight excluding hydrogens is 256 g/mol. The van der Waals surface area contributed by atoms with Gasteiger partial charge in [0.1, 0.15) is 5.82 Å². The molecule has 0 aliphatic carbocycles. The Morgan fingerprint density at radius 2 is 2.27 bits per heavy atom. The molecule has 0 spiro atoms. The standard InChI is InChI=1S/C11H17BrN2O/c1-4-11(3,15)7-14-10-8(2)5-9(12)6-13-10/h5-6,15H,4,7H2,1-3H3,(H,13,14). The van der Waals surface area contributed by atoms with Gasteiger partial charge in [0.05, 0.1) is 5.60 Å². The highest BCUT2D eigenvalue weighted by Crippen LogP contribution is 2.18. The van der Waals surface area contributed by atoms with Crippen LogP contribution in [0.25, 0.3) is 0 Å². The van der Waals surface area contributed by atoms with Crippen LogP contribution in [0.3, 0.4) is 0 Å². The van der Waals surface area contributed by atoms with Gasteiger partial charge >= 0.3 is 0 Å². The van der Waals surface area contributed by atoms with E-state index in [1.807, 2.05) is 26.8 Å². The zero-order chi connectivity index (χ0) is 11.5. The molecule has 0 fully saturated rings. The predicted octanol–water partition coefficient (Wildman–Crippen LogP) is 2.73. The highest BCUT2D eigenvalue weighted by atomic mass is 79.9. The Bertz CT molecular complexity index is 339. The lowest BCUT2D eigenvalue weighted by Crippen LogP contribution is -2.32. The number of aliphatic hydroxyl groups is 1. The van der Waals surface area contributed by atoms with Crippen LogP contribution in [0, 0.1) is 6.92 Å². The number of pyridine rings is 1. The maximum Gasteiger partial charge on any atom is 0.129 e.